The van der Waals surface area contributed by atoms with E-state index in [9.17, 15) is 0 Å². The number of nitrogens with two attached hydrogens (primary N) is 1. The first-order chi connectivity index (χ1) is 8.67. The molecule has 0 aliphatic carbocycles. The van der Waals surface area contributed by atoms with Gasteiger partial charge in [0, 0.05) is 23.5 Å². The Balaban J connectivity index is 2.05. The summed E-state index contributed by atoms with van der Waals surface area (Å²) in [5.41, 5.74) is 6.91. The Morgan fingerprint density at radius 2 is 1.94 bits per heavy atom. The monoisotopic (exact) mass is 306 g/mol. The third-order valence-electron chi connectivity index (χ3n) is 2.50. The van der Waals surface area contributed by atoms with Gasteiger partial charge < -0.3 is 11.1 Å². The topological polar surface area (TPSA) is 63.8 Å². The van der Waals surface area contributed by atoms with E-state index >= 15 is 0 Å². The van der Waals surface area contributed by atoms with Gasteiger partial charge in [-0.15, -0.1) is 0 Å². The number of nitrogen functional groups attached to an aromatic ring is 1. The van der Waals surface area contributed by atoms with Crippen molar-refractivity contribution in [1.29, 1.82) is 0 Å². The minimum absolute atomic E-state index is 0.500. The van der Waals surface area contributed by atoms with Crippen LogP contribution < -0.4 is 11.1 Å². The van der Waals surface area contributed by atoms with Crippen LogP contribution in [0.2, 0.25) is 0 Å². The first kappa shape index (κ1) is 12.8. The highest BCUT2D eigenvalue weighted by Gasteiger charge is 2.01. The van der Waals surface area contributed by atoms with Crippen LogP contribution in [0.25, 0.3) is 0 Å². The normalized spacial score (nSPS) is 10.3. The van der Waals surface area contributed by atoms with E-state index in [0.29, 0.717) is 12.4 Å². The zero-order chi connectivity index (χ0) is 13.0. The molecule has 18 heavy (non-hydrogen) atoms. The highest BCUT2D eigenvalue weighted by atomic mass is 79.9. The molecular formula is C13H15BrN4. The van der Waals surface area contributed by atoms with Crippen LogP contribution in [0.15, 0.2) is 34.8 Å². The summed E-state index contributed by atoms with van der Waals surface area (Å²) in [6.07, 6.45) is 0.776. The molecule has 3 N–H and O–H groups in total. The summed E-state index contributed by atoms with van der Waals surface area (Å²) in [6.45, 7) is 2.72. The van der Waals surface area contributed by atoms with E-state index in [4.69, 9.17) is 5.73 Å². The van der Waals surface area contributed by atoms with E-state index in [1.54, 1.807) is 6.07 Å². The molecule has 0 bridgehead atoms. The largest absolute Gasteiger partial charge is 0.384 e. The van der Waals surface area contributed by atoms with Crippen LogP contribution in [0.5, 0.6) is 0 Å². The van der Waals surface area contributed by atoms with Crippen LogP contribution in [0.1, 0.15) is 18.3 Å². The Bertz CT molecular complexity index is 525. The Kier molecular flexibility index (Phi) is 4.15. The lowest BCUT2D eigenvalue weighted by Gasteiger charge is -2.08. The second-order valence-corrected chi connectivity index (χ2v) is 4.84. The minimum atomic E-state index is 0.500. The third kappa shape index (κ3) is 3.43. The second kappa shape index (κ2) is 5.82. The van der Waals surface area contributed by atoms with Crippen LogP contribution in [0.4, 0.5) is 11.6 Å². The number of anilines is 2. The van der Waals surface area contributed by atoms with Crippen molar-refractivity contribution < 1.29 is 0 Å². The number of benzene rings is 1. The zero-order valence-corrected chi connectivity index (χ0v) is 11.7. The lowest BCUT2D eigenvalue weighted by Crippen LogP contribution is -2.06. The van der Waals surface area contributed by atoms with Crippen LogP contribution >= 0.6 is 15.9 Å². The molecule has 0 amide bonds. The summed E-state index contributed by atoms with van der Waals surface area (Å²) >= 11 is 3.41. The van der Waals surface area contributed by atoms with Gasteiger partial charge in [0.05, 0.1) is 0 Å². The maximum absolute atomic E-state index is 5.73. The first-order valence-electron chi connectivity index (χ1n) is 5.79. The fourth-order valence-electron chi connectivity index (χ4n) is 1.56. The maximum Gasteiger partial charge on any atom is 0.132 e. The van der Waals surface area contributed by atoms with Crippen LogP contribution in [-0.4, -0.2) is 9.97 Å². The number of hydrogen-bond donors (Lipinski definition) is 2. The fraction of sp³-hybridized carbons (Fsp3) is 0.231. The lowest BCUT2D eigenvalue weighted by atomic mass is 10.2. The highest BCUT2D eigenvalue weighted by molar-refractivity contribution is 9.10. The van der Waals surface area contributed by atoms with Crippen LogP contribution in [-0.2, 0) is 13.0 Å². The Morgan fingerprint density at radius 1 is 1.22 bits per heavy atom. The third-order valence-corrected chi connectivity index (χ3v) is 3.02. The molecule has 0 fully saturated rings. The molecule has 94 valence electrons. The number of rotatable bonds is 4. The predicted octanol–water partition coefficient (Wildman–Crippen LogP) is 3.00. The van der Waals surface area contributed by atoms with Crippen molar-refractivity contribution in [1.82, 2.24) is 9.97 Å². The zero-order valence-electron chi connectivity index (χ0n) is 10.2. The highest BCUT2D eigenvalue weighted by Crippen LogP contribution is 2.13. The molecule has 1 heterocycles. The summed E-state index contributed by atoms with van der Waals surface area (Å²) in [6, 6.07) is 9.90. The molecule has 2 aromatic rings. The van der Waals surface area contributed by atoms with Gasteiger partial charge in [-0.3, -0.25) is 0 Å². The molecule has 4 nitrogen and oxygen atoms in total. The van der Waals surface area contributed by atoms with Gasteiger partial charge in [-0.2, -0.15) is 0 Å². The summed E-state index contributed by atoms with van der Waals surface area (Å²) in [5.74, 6) is 2.02. The molecule has 2 rings (SSSR count). The Morgan fingerprint density at radius 3 is 2.61 bits per heavy atom. The van der Waals surface area contributed by atoms with E-state index in [-0.39, 0.29) is 0 Å². The van der Waals surface area contributed by atoms with Crippen LogP contribution in [0, 0.1) is 0 Å². The maximum atomic E-state index is 5.73. The van der Waals surface area contributed by atoms with E-state index in [0.717, 1.165) is 22.5 Å². The van der Waals surface area contributed by atoms with Crippen molar-refractivity contribution in [2.24, 2.45) is 0 Å². The standard InChI is InChI=1S/C13H15BrN4/c1-2-12-17-11(15)7-13(18-12)16-8-9-3-5-10(14)6-4-9/h3-7H,2,8H2,1H3,(H3,15,16,17,18). The van der Waals surface area contributed by atoms with Crippen LogP contribution in [0.3, 0.4) is 0 Å². The van der Waals surface area contributed by atoms with Crippen molar-refractivity contribution in [3.05, 3.63) is 46.2 Å². The summed E-state index contributed by atoms with van der Waals surface area (Å²) in [5, 5.41) is 3.25. The summed E-state index contributed by atoms with van der Waals surface area (Å²) in [7, 11) is 0. The average Bonchev–Trinajstić information content (AvgIpc) is 2.37. The molecule has 0 atom stereocenters. The molecule has 0 aliphatic rings. The molecule has 0 unspecified atom stereocenters. The molecule has 0 spiro atoms. The summed E-state index contributed by atoms with van der Waals surface area (Å²) < 4.78 is 1.07. The van der Waals surface area contributed by atoms with Gasteiger partial charge in [0.2, 0.25) is 0 Å². The van der Waals surface area contributed by atoms with Crippen molar-refractivity contribution >= 4 is 27.6 Å². The van der Waals surface area contributed by atoms with Gasteiger partial charge in [-0.1, -0.05) is 35.0 Å². The number of aromatic nitrogens is 2. The Hall–Kier alpha value is -1.62. The lowest BCUT2D eigenvalue weighted by molar-refractivity contribution is 0.938. The van der Waals surface area contributed by atoms with Gasteiger partial charge in [0.15, 0.2) is 0 Å². The number of nitrogens with one attached hydrogen (secondary N) is 1. The van der Waals surface area contributed by atoms with Crippen molar-refractivity contribution in [2.45, 2.75) is 19.9 Å². The minimum Gasteiger partial charge on any atom is -0.384 e. The molecule has 0 aliphatic heterocycles. The smallest absolute Gasteiger partial charge is 0.132 e. The van der Waals surface area contributed by atoms with Gasteiger partial charge in [-0.25, -0.2) is 9.97 Å². The van der Waals surface area contributed by atoms with E-state index in [1.807, 2.05) is 19.1 Å². The van der Waals surface area contributed by atoms with E-state index < -0.39 is 0 Å². The van der Waals surface area contributed by atoms with E-state index in [2.05, 4.69) is 43.3 Å². The SMILES string of the molecule is CCc1nc(N)cc(NCc2ccc(Br)cc2)n1. The fourth-order valence-corrected chi connectivity index (χ4v) is 1.83. The summed E-state index contributed by atoms with van der Waals surface area (Å²) in [4.78, 5) is 8.51. The second-order valence-electron chi connectivity index (χ2n) is 3.93. The Labute approximate surface area is 115 Å². The number of halogens is 1. The molecule has 0 saturated heterocycles. The predicted molar refractivity (Wildman–Crippen MR) is 77.3 cm³/mol. The van der Waals surface area contributed by atoms with Gasteiger partial charge in [0.25, 0.3) is 0 Å². The first-order valence-corrected chi connectivity index (χ1v) is 6.58. The number of nitrogens with zero attached hydrogens (tertiary/aromatic N) is 2. The molecule has 1 aromatic heterocycles. The van der Waals surface area contributed by atoms with Crippen molar-refractivity contribution in [2.75, 3.05) is 11.1 Å². The number of hydrogen-bond acceptors (Lipinski definition) is 4. The van der Waals surface area contributed by atoms with Gasteiger partial charge in [0.1, 0.15) is 17.5 Å². The van der Waals surface area contributed by atoms with E-state index in [1.165, 1.54) is 5.56 Å². The number of aryl methyl sites for hydroxylation is 1. The molecule has 1 aromatic carbocycles. The van der Waals surface area contributed by atoms with Gasteiger partial charge >= 0.3 is 0 Å². The molecule has 0 radical (unpaired) electrons. The van der Waals surface area contributed by atoms with Gasteiger partial charge in [-0.05, 0) is 17.7 Å². The average molecular weight is 307 g/mol. The molecular weight excluding hydrogens is 292 g/mol. The molecule has 5 heteroatoms. The van der Waals surface area contributed by atoms with Crippen molar-refractivity contribution in [3.8, 4) is 0 Å². The molecule has 0 saturated carbocycles. The van der Waals surface area contributed by atoms with Crippen molar-refractivity contribution in [3.63, 3.8) is 0 Å². The quantitative estimate of drug-likeness (QED) is 0.911.